The summed E-state index contributed by atoms with van der Waals surface area (Å²) in [6, 6.07) is 10.5. The number of nitrogens with one attached hydrogen (secondary N) is 1. The van der Waals surface area contributed by atoms with Crippen molar-refractivity contribution in [3.8, 4) is 6.07 Å². The Kier molecular flexibility index (Phi) is 2.87. The van der Waals surface area contributed by atoms with Crippen molar-refractivity contribution in [2.75, 3.05) is 11.9 Å². The van der Waals surface area contributed by atoms with Crippen LogP contribution in [0.2, 0.25) is 0 Å². The third-order valence-corrected chi connectivity index (χ3v) is 3.18. The number of nitrogens with zero attached hydrogens (tertiary/aromatic N) is 1. The van der Waals surface area contributed by atoms with Crippen LogP contribution in [-0.2, 0) is 5.41 Å². The lowest BCUT2D eigenvalue weighted by Gasteiger charge is -2.16. The number of hydrogen-bond acceptors (Lipinski definition) is 2. The Hall–Kier alpha value is -1.49. The summed E-state index contributed by atoms with van der Waals surface area (Å²) in [6.07, 6.45) is 2.74. The second-order valence-corrected chi connectivity index (χ2v) is 5.14. The average molecular weight is 214 g/mol. The molecule has 0 aliphatic heterocycles. The third kappa shape index (κ3) is 2.55. The molecule has 0 heterocycles. The van der Waals surface area contributed by atoms with Crippen molar-refractivity contribution >= 4 is 5.69 Å². The molecule has 84 valence electrons. The zero-order valence-electron chi connectivity index (χ0n) is 9.96. The molecule has 0 radical (unpaired) electrons. The topological polar surface area (TPSA) is 35.8 Å². The van der Waals surface area contributed by atoms with Gasteiger partial charge in [-0.25, -0.2) is 0 Å². The van der Waals surface area contributed by atoms with Crippen LogP contribution in [0, 0.1) is 17.2 Å². The van der Waals surface area contributed by atoms with Gasteiger partial charge >= 0.3 is 0 Å². The van der Waals surface area contributed by atoms with Crippen LogP contribution in [0.25, 0.3) is 0 Å². The van der Waals surface area contributed by atoms with Crippen molar-refractivity contribution in [2.45, 2.75) is 32.1 Å². The van der Waals surface area contributed by atoms with Gasteiger partial charge in [-0.2, -0.15) is 5.26 Å². The van der Waals surface area contributed by atoms with E-state index in [1.807, 2.05) is 26.0 Å². The van der Waals surface area contributed by atoms with Crippen LogP contribution in [0.4, 0.5) is 5.69 Å². The minimum absolute atomic E-state index is 0.394. The van der Waals surface area contributed by atoms with E-state index in [1.54, 1.807) is 0 Å². The van der Waals surface area contributed by atoms with Gasteiger partial charge in [0.2, 0.25) is 0 Å². The first kappa shape index (κ1) is 11.0. The van der Waals surface area contributed by atoms with E-state index in [0.29, 0.717) is 0 Å². The Morgan fingerprint density at radius 3 is 2.44 bits per heavy atom. The molecule has 2 rings (SSSR count). The third-order valence-electron chi connectivity index (χ3n) is 3.18. The van der Waals surface area contributed by atoms with E-state index < -0.39 is 5.41 Å². The summed E-state index contributed by atoms with van der Waals surface area (Å²) in [5.74, 6) is 0.884. The summed E-state index contributed by atoms with van der Waals surface area (Å²) in [4.78, 5) is 0. The van der Waals surface area contributed by atoms with E-state index in [9.17, 15) is 0 Å². The Morgan fingerprint density at radius 1 is 1.31 bits per heavy atom. The molecular weight excluding hydrogens is 196 g/mol. The molecule has 1 aromatic rings. The van der Waals surface area contributed by atoms with Crippen LogP contribution in [0.1, 0.15) is 32.3 Å². The zero-order chi connectivity index (χ0) is 11.6. The van der Waals surface area contributed by atoms with Crippen LogP contribution >= 0.6 is 0 Å². The standard InChI is InChI=1S/C14H18N2/c1-14(2,10-15)12-5-7-13(8-6-12)16-9-11-3-4-11/h5-8,11,16H,3-4,9H2,1-2H3. The first-order valence-corrected chi connectivity index (χ1v) is 5.87. The van der Waals surface area contributed by atoms with Crippen molar-refractivity contribution < 1.29 is 0 Å². The summed E-state index contributed by atoms with van der Waals surface area (Å²) >= 11 is 0. The van der Waals surface area contributed by atoms with Crippen molar-refractivity contribution in [3.63, 3.8) is 0 Å². The molecule has 16 heavy (non-hydrogen) atoms. The minimum atomic E-state index is -0.394. The van der Waals surface area contributed by atoms with Crippen molar-refractivity contribution in [1.82, 2.24) is 0 Å². The zero-order valence-corrected chi connectivity index (χ0v) is 9.96. The van der Waals surface area contributed by atoms with Crippen LogP contribution in [-0.4, -0.2) is 6.54 Å². The molecule has 1 aliphatic rings. The fraction of sp³-hybridized carbons (Fsp3) is 0.500. The van der Waals surface area contributed by atoms with Gasteiger partial charge in [0.1, 0.15) is 0 Å². The normalized spacial score (nSPS) is 15.6. The van der Waals surface area contributed by atoms with E-state index in [0.717, 1.165) is 23.7 Å². The lowest BCUT2D eigenvalue weighted by molar-refractivity contribution is 0.687. The van der Waals surface area contributed by atoms with Crippen LogP contribution in [0.3, 0.4) is 0 Å². The summed E-state index contributed by atoms with van der Waals surface area (Å²) in [5.41, 5.74) is 1.84. The van der Waals surface area contributed by atoms with Gasteiger partial charge in [-0.1, -0.05) is 12.1 Å². The molecular formula is C14H18N2. The predicted octanol–water partition coefficient (Wildman–Crippen LogP) is 3.31. The van der Waals surface area contributed by atoms with E-state index in [-0.39, 0.29) is 0 Å². The first-order valence-electron chi connectivity index (χ1n) is 5.87. The molecule has 0 bridgehead atoms. The molecule has 0 atom stereocenters. The van der Waals surface area contributed by atoms with Gasteiger partial charge in [0.05, 0.1) is 11.5 Å². The molecule has 2 heteroatoms. The number of anilines is 1. The summed E-state index contributed by atoms with van der Waals surface area (Å²) in [6.45, 7) is 4.97. The van der Waals surface area contributed by atoms with Gasteiger partial charge in [-0.05, 0) is 50.3 Å². The van der Waals surface area contributed by atoms with Gasteiger partial charge < -0.3 is 5.32 Å². The molecule has 0 amide bonds. The van der Waals surface area contributed by atoms with Gasteiger partial charge in [0.25, 0.3) is 0 Å². The SMILES string of the molecule is CC(C)(C#N)c1ccc(NCC2CC2)cc1. The number of rotatable bonds is 4. The molecule has 0 spiro atoms. The smallest absolute Gasteiger partial charge is 0.0766 e. The Labute approximate surface area is 97.3 Å². The molecule has 1 saturated carbocycles. The van der Waals surface area contributed by atoms with Crippen LogP contribution < -0.4 is 5.32 Å². The van der Waals surface area contributed by atoms with E-state index in [1.165, 1.54) is 12.8 Å². The van der Waals surface area contributed by atoms with Crippen molar-refractivity contribution in [1.29, 1.82) is 5.26 Å². The van der Waals surface area contributed by atoms with E-state index in [2.05, 4.69) is 23.5 Å². The predicted molar refractivity (Wildman–Crippen MR) is 66.3 cm³/mol. The Bertz CT molecular complexity index is 394. The maximum absolute atomic E-state index is 9.04. The number of benzene rings is 1. The lowest BCUT2D eigenvalue weighted by Crippen LogP contribution is -2.13. The largest absolute Gasteiger partial charge is 0.385 e. The fourth-order valence-corrected chi connectivity index (χ4v) is 1.65. The highest BCUT2D eigenvalue weighted by Gasteiger charge is 2.21. The molecule has 1 fully saturated rings. The maximum Gasteiger partial charge on any atom is 0.0766 e. The number of hydrogen-bond donors (Lipinski definition) is 1. The number of nitriles is 1. The minimum Gasteiger partial charge on any atom is -0.385 e. The summed E-state index contributed by atoms with van der Waals surface area (Å²) in [7, 11) is 0. The highest BCUT2D eigenvalue weighted by molar-refractivity contribution is 5.47. The Morgan fingerprint density at radius 2 is 1.94 bits per heavy atom. The molecule has 1 aliphatic carbocycles. The second-order valence-electron chi connectivity index (χ2n) is 5.14. The van der Waals surface area contributed by atoms with E-state index in [4.69, 9.17) is 5.26 Å². The van der Waals surface area contributed by atoms with Crippen LogP contribution in [0.5, 0.6) is 0 Å². The van der Waals surface area contributed by atoms with Crippen molar-refractivity contribution in [2.24, 2.45) is 5.92 Å². The summed E-state index contributed by atoms with van der Waals surface area (Å²) in [5, 5.41) is 12.5. The molecule has 2 nitrogen and oxygen atoms in total. The molecule has 0 unspecified atom stereocenters. The maximum atomic E-state index is 9.04. The van der Waals surface area contributed by atoms with Gasteiger partial charge in [-0.3, -0.25) is 0 Å². The van der Waals surface area contributed by atoms with Gasteiger partial charge in [0, 0.05) is 12.2 Å². The highest BCUT2D eigenvalue weighted by Crippen LogP contribution is 2.29. The quantitative estimate of drug-likeness (QED) is 0.834. The highest BCUT2D eigenvalue weighted by atomic mass is 14.9. The Balaban J connectivity index is 2.01. The molecule has 0 aromatic heterocycles. The molecule has 1 aromatic carbocycles. The monoisotopic (exact) mass is 214 g/mol. The van der Waals surface area contributed by atoms with Gasteiger partial charge in [-0.15, -0.1) is 0 Å². The lowest BCUT2D eigenvalue weighted by atomic mass is 9.86. The molecule has 0 saturated heterocycles. The van der Waals surface area contributed by atoms with Crippen LogP contribution in [0.15, 0.2) is 24.3 Å². The van der Waals surface area contributed by atoms with Gasteiger partial charge in [0.15, 0.2) is 0 Å². The van der Waals surface area contributed by atoms with Crippen molar-refractivity contribution in [3.05, 3.63) is 29.8 Å². The average Bonchev–Trinajstić information content (AvgIpc) is 3.11. The summed E-state index contributed by atoms with van der Waals surface area (Å²) < 4.78 is 0. The first-order chi connectivity index (χ1) is 7.62. The second kappa shape index (κ2) is 4.17. The fourth-order valence-electron chi connectivity index (χ4n) is 1.65. The molecule has 1 N–H and O–H groups in total. The van der Waals surface area contributed by atoms with E-state index >= 15 is 0 Å².